The highest BCUT2D eigenvalue weighted by molar-refractivity contribution is 7.53. The zero-order chi connectivity index (χ0) is 24.9. The molecule has 1 aliphatic rings. The summed E-state index contributed by atoms with van der Waals surface area (Å²) in [6.07, 6.45) is 4.97. The molecule has 0 aliphatic heterocycles. The average Bonchev–Trinajstić information content (AvgIpc) is 2.78. The van der Waals surface area contributed by atoms with Gasteiger partial charge in [-0.05, 0) is 52.7 Å². The van der Waals surface area contributed by atoms with Crippen LogP contribution in [0.3, 0.4) is 0 Å². The fraction of sp³-hybridized carbons (Fsp3) is 0.458. The van der Waals surface area contributed by atoms with Crippen LogP contribution in [0.5, 0.6) is 0 Å². The fourth-order valence-corrected chi connectivity index (χ4v) is 5.54. The molecule has 1 aromatic carbocycles. The maximum absolute atomic E-state index is 13.0. The second-order valence-corrected chi connectivity index (χ2v) is 10.5. The lowest BCUT2D eigenvalue weighted by Gasteiger charge is -2.27. The molecule has 2 aromatic rings. The number of allylic oxidation sites excluding steroid dienone is 1. The third kappa shape index (κ3) is 6.51. The summed E-state index contributed by atoms with van der Waals surface area (Å²) in [4.78, 5) is 38.1. The summed E-state index contributed by atoms with van der Waals surface area (Å²) in [5.41, 5.74) is -1.12. The van der Waals surface area contributed by atoms with Crippen LogP contribution >= 0.6 is 7.60 Å². The summed E-state index contributed by atoms with van der Waals surface area (Å²) in [6.45, 7) is 7.12. The van der Waals surface area contributed by atoms with E-state index in [1.54, 1.807) is 70.2 Å². The van der Waals surface area contributed by atoms with Gasteiger partial charge in [0, 0.05) is 17.8 Å². The summed E-state index contributed by atoms with van der Waals surface area (Å²) in [7, 11) is -3.42. The first-order valence-corrected chi connectivity index (χ1v) is 13.0. The molecule has 0 bridgehead atoms. The van der Waals surface area contributed by atoms with Crippen LogP contribution in [0.1, 0.15) is 56.9 Å². The Morgan fingerprint density at radius 1 is 1.00 bits per heavy atom. The third-order valence-corrected chi connectivity index (χ3v) is 7.03. The Labute approximate surface area is 198 Å². The molecule has 0 amide bonds. The summed E-state index contributed by atoms with van der Waals surface area (Å²) in [5.74, 6) is -0.669. The molecule has 1 heterocycles. The van der Waals surface area contributed by atoms with E-state index in [-0.39, 0.29) is 36.3 Å². The lowest BCUT2D eigenvalue weighted by Crippen LogP contribution is -2.44. The van der Waals surface area contributed by atoms with Crippen molar-refractivity contribution in [2.75, 3.05) is 6.35 Å². The molecule has 3 rings (SSSR count). The van der Waals surface area contributed by atoms with Crippen LogP contribution in [-0.2, 0) is 18.3 Å². The van der Waals surface area contributed by atoms with Crippen LogP contribution in [-0.4, -0.2) is 39.7 Å². The minimum Gasteiger partial charge on any atom is -0.362 e. The first-order chi connectivity index (χ1) is 16.1. The number of ether oxygens (including phenoxy) is 1. The molecule has 1 aromatic heterocycles. The highest BCUT2D eigenvalue weighted by atomic mass is 31.2. The van der Waals surface area contributed by atoms with Gasteiger partial charge in [0.2, 0.25) is 0 Å². The van der Waals surface area contributed by atoms with Crippen molar-refractivity contribution in [3.05, 3.63) is 81.1 Å². The van der Waals surface area contributed by atoms with Crippen molar-refractivity contribution in [3.8, 4) is 0 Å². The number of aromatic nitrogens is 2. The van der Waals surface area contributed by atoms with E-state index >= 15 is 0 Å². The summed E-state index contributed by atoms with van der Waals surface area (Å²) < 4.78 is 31.8. The molecule has 0 N–H and O–H groups in total. The van der Waals surface area contributed by atoms with E-state index in [0.29, 0.717) is 17.4 Å². The summed E-state index contributed by atoms with van der Waals surface area (Å²) >= 11 is 0. The highest BCUT2D eigenvalue weighted by Gasteiger charge is 2.30. The van der Waals surface area contributed by atoms with Crippen molar-refractivity contribution in [1.82, 2.24) is 9.13 Å². The Morgan fingerprint density at radius 2 is 1.65 bits per heavy atom. The topological polar surface area (TPSA) is 106 Å². The lowest BCUT2D eigenvalue weighted by atomic mass is 10.0. The number of carbonyl (C=O) groups excluding carboxylic acids is 1. The molecule has 1 aliphatic carbocycles. The van der Waals surface area contributed by atoms with Gasteiger partial charge in [0.15, 0.2) is 0 Å². The smallest absolute Gasteiger partial charge is 0.356 e. The first kappa shape index (κ1) is 26.0. The second-order valence-electron chi connectivity index (χ2n) is 8.63. The van der Waals surface area contributed by atoms with E-state index in [1.807, 2.05) is 0 Å². The SMILES string of the molecule is CC(C)OP(=O)(CO[C@@H]1C=C[C@H](n2ccc(=O)n(C(=O)c3ccccc3)c2=O)CC1)OC(C)C. The van der Waals surface area contributed by atoms with Crippen LogP contribution in [0.2, 0.25) is 0 Å². The molecular weight excluding hydrogens is 459 g/mol. The number of benzene rings is 1. The molecule has 0 fully saturated rings. The van der Waals surface area contributed by atoms with Crippen molar-refractivity contribution >= 4 is 13.5 Å². The van der Waals surface area contributed by atoms with Crippen molar-refractivity contribution in [2.45, 2.75) is 64.9 Å². The number of hydrogen-bond donors (Lipinski definition) is 0. The van der Waals surface area contributed by atoms with Crippen LogP contribution in [0, 0.1) is 0 Å². The molecular formula is C24H31N2O7P. The minimum absolute atomic E-state index is 0.181. The van der Waals surface area contributed by atoms with Crippen LogP contribution in [0.25, 0.3) is 0 Å². The Kier molecular flexibility index (Phi) is 8.60. The Bertz CT molecular complexity index is 1170. The summed E-state index contributed by atoms with van der Waals surface area (Å²) in [5, 5.41) is 0. The Morgan fingerprint density at radius 3 is 2.21 bits per heavy atom. The number of rotatable bonds is 9. The average molecular weight is 490 g/mol. The normalized spacial score (nSPS) is 18.5. The minimum atomic E-state index is -3.42. The second kappa shape index (κ2) is 11.2. The molecule has 184 valence electrons. The molecule has 10 heteroatoms. The largest absolute Gasteiger partial charge is 0.362 e. The third-order valence-electron chi connectivity index (χ3n) is 5.08. The lowest BCUT2D eigenvalue weighted by molar-refractivity contribution is 0.0667. The van der Waals surface area contributed by atoms with Gasteiger partial charge in [-0.3, -0.25) is 18.7 Å². The van der Waals surface area contributed by atoms with Gasteiger partial charge in [-0.15, -0.1) is 0 Å². The monoisotopic (exact) mass is 490 g/mol. The van der Waals surface area contributed by atoms with E-state index in [1.165, 1.54) is 16.8 Å². The van der Waals surface area contributed by atoms with E-state index < -0.39 is 24.8 Å². The first-order valence-electron chi connectivity index (χ1n) is 11.3. The van der Waals surface area contributed by atoms with Crippen LogP contribution < -0.4 is 11.2 Å². The number of nitrogens with zero attached hydrogens (tertiary/aromatic N) is 2. The molecule has 0 saturated heterocycles. The van der Waals surface area contributed by atoms with Crippen molar-refractivity contribution in [1.29, 1.82) is 0 Å². The number of hydrogen-bond acceptors (Lipinski definition) is 7. The standard InChI is InChI=1S/C24H31N2O7P/c1-17(2)32-34(30,33-18(3)4)16-31-21-12-10-20(11-13-21)25-15-14-22(27)26(24(25)29)23(28)19-8-6-5-7-9-19/h5-10,12,14-15,17-18,20-21H,11,13,16H2,1-4H3/t20-,21+/m0/s1. The molecule has 0 unspecified atom stereocenters. The maximum Gasteiger partial charge on any atom is 0.356 e. The zero-order valence-corrected chi connectivity index (χ0v) is 20.7. The molecule has 34 heavy (non-hydrogen) atoms. The van der Waals surface area contributed by atoms with E-state index in [4.69, 9.17) is 13.8 Å². The molecule has 0 radical (unpaired) electrons. The number of carbonyl (C=O) groups is 1. The van der Waals surface area contributed by atoms with Gasteiger partial charge >= 0.3 is 13.3 Å². The van der Waals surface area contributed by atoms with Crippen molar-refractivity contribution in [2.24, 2.45) is 0 Å². The van der Waals surface area contributed by atoms with E-state index in [0.717, 1.165) is 0 Å². The predicted octanol–water partition coefficient (Wildman–Crippen LogP) is 3.98. The van der Waals surface area contributed by atoms with Gasteiger partial charge in [0.1, 0.15) is 6.35 Å². The van der Waals surface area contributed by atoms with Crippen LogP contribution in [0.15, 0.2) is 64.3 Å². The van der Waals surface area contributed by atoms with E-state index in [2.05, 4.69) is 0 Å². The highest BCUT2D eigenvalue weighted by Crippen LogP contribution is 2.50. The molecule has 0 spiro atoms. The predicted molar refractivity (Wildman–Crippen MR) is 128 cm³/mol. The van der Waals surface area contributed by atoms with Crippen LogP contribution in [0.4, 0.5) is 0 Å². The molecule has 0 saturated carbocycles. The molecule has 9 nitrogen and oxygen atoms in total. The zero-order valence-electron chi connectivity index (χ0n) is 19.8. The fourth-order valence-electron chi connectivity index (χ4n) is 3.71. The van der Waals surface area contributed by atoms with Gasteiger partial charge < -0.3 is 13.8 Å². The van der Waals surface area contributed by atoms with Gasteiger partial charge in [-0.25, -0.2) is 4.79 Å². The Balaban J connectivity index is 1.74. The van der Waals surface area contributed by atoms with Gasteiger partial charge in [-0.1, -0.05) is 30.4 Å². The van der Waals surface area contributed by atoms with Gasteiger partial charge in [-0.2, -0.15) is 4.57 Å². The molecule has 2 atom stereocenters. The van der Waals surface area contributed by atoms with Crippen molar-refractivity contribution in [3.63, 3.8) is 0 Å². The maximum atomic E-state index is 13.0. The van der Waals surface area contributed by atoms with Crippen molar-refractivity contribution < 1.29 is 23.1 Å². The quantitative estimate of drug-likeness (QED) is 0.387. The summed E-state index contributed by atoms with van der Waals surface area (Å²) in [6, 6.07) is 9.05. The van der Waals surface area contributed by atoms with Gasteiger partial charge in [0.25, 0.3) is 11.5 Å². The Hall–Kier alpha value is -2.58. The van der Waals surface area contributed by atoms with Gasteiger partial charge in [0.05, 0.1) is 24.4 Å². The van der Waals surface area contributed by atoms with E-state index in [9.17, 15) is 18.9 Å².